The van der Waals surface area contributed by atoms with Gasteiger partial charge in [0.05, 0.1) is 6.54 Å². The van der Waals surface area contributed by atoms with E-state index in [1.165, 1.54) is 38.5 Å². The lowest BCUT2D eigenvalue weighted by Gasteiger charge is -2.31. The van der Waals surface area contributed by atoms with Gasteiger partial charge in [0.2, 0.25) is 0 Å². The molecular weight excluding hydrogens is 226 g/mol. The molecule has 2 rings (SSSR count). The number of nitrogens with zero attached hydrogens (tertiary/aromatic N) is 1. The minimum absolute atomic E-state index is 0.246. The van der Waals surface area contributed by atoms with Gasteiger partial charge >= 0.3 is 5.97 Å². The van der Waals surface area contributed by atoms with Gasteiger partial charge in [0, 0.05) is 12.6 Å². The summed E-state index contributed by atoms with van der Waals surface area (Å²) in [6, 6.07) is 0.532. The second-order valence-corrected chi connectivity index (χ2v) is 6.64. The molecule has 0 aromatic rings. The molecule has 0 radical (unpaired) electrons. The Morgan fingerprint density at radius 3 is 2.33 bits per heavy atom. The molecule has 0 aromatic heterocycles. The summed E-state index contributed by atoms with van der Waals surface area (Å²) in [6.45, 7) is 5.78. The number of carbonyl (C=O) groups is 1. The summed E-state index contributed by atoms with van der Waals surface area (Å²) in [6.07, 6.45) is 7.63. The molecule has 1 unspecified atom stereocenters. The molecule has 0 heterocycles. The van der Waals surface area contributed by atoms with Crippen LogP contribution in [-0.2, 0) is 4.79 Å². The van der Waals surface area contributed by atoms with Crippen LogP contribution in [0, 0.1) is 17.8 Å². The predicted octanol–water partition coefficient (Wildman–Crippen LogP) is 3.00. The first-order valence-corrected chi connectivity index (χ1v) is 7.52. The largest absolute Gasteiger partial charge is 0.480 e. The van der Waals surface area contributed by atoms with Gasteiger partial charge in [-0.25, -0.2) is 0 Å². The summed E-state index contributed by atoms with van der Waals surface area (Å²) in [7, 11) is 0. The van der Waals surface area contributed by atoms with E-state index in [1.54, 1.807) is 0 Å². The van der Waals surface area contributed by atoms with E-state index in [4.69, 9.17) is 5.11 Å². The Bertz CT molecular complexity index is 282. The van der Waals surface area contributed by atoms with Crippen LogP contribution in [0.1, 0.15) is 52.4 Å². The number of carboxylic acids is 1. The first-order chi connectivity index (χ1) is 8.56. The molecule has 2 fully saturated rings. The number of aliphatic carboxylic acids is 1. The van der Waals surface area contributed by atoms with Crippen molar-refractivity contribution in [3.8, 4) is 0 Å². The molecule has 3 nitrogen and oxygen atoms in total. The summed E-state index contributed by atoms with van der Waals surface area (Å²) in [5, 5.41) is 9.10. The first-order valence-electron chi connectivity index (χ1n) is 7.52. The maximum Gasteiger partial charge on any atom is 0.317 e. The average Bonchev–Trinajstić information content (AvgIpc) is 3.10. The molecule has 3 heteroatoms. The van der Waals surface area contributed by atoms with Crippen molar-refractivity contribution in [2.75, 3.05) is 13.1 Å². The van der Waals surface area contributed by atoms with Gasteiger partial charge < -0.3 is 5.11 Å². The van der Waals surface area contributed by atoms with E-state index in [0.717, 1.165) is 24.3 Å². The van der Waals surface area contributed by atoms with Crippen molar-refractivity contribution in [3.05, 3.63) is 0 Å². The van der Waals surface area contributed by atoms with E-state index < -0.39 is 5.97 Å². The zero-order valence-corrected chi connectivity index (χ0v) is 11.8. The van der Waals surface area contributed by atoms with Crippen LogP contribution in [0.2, 0.25) is 0 Å². The van der Waals surface area contributed by atoms with Gasteiger partial charge in [-0.05, 0) is 56.3 Å². The second kappa shape index (κ2) is 6.05. The Labute approximate surface area is 111 Å². The molecular formula is C15H27NO2. The van der Waals surface area contributed by atoms with Gasteiger partial charge in [-0.3, -0.25) is 9.69 Å². The Morgan fingerprint density at radius 2 is 1.89 bits per heavy atom. The maximum absolute atomic E-state index is 11.1. The van der Waals surface area contributed by atoms with Crippen LogP contribution in [0.25, 0.3) is 0 Å². The second-order valence-electron chi connectivity index (χ2n) is 6.64. The summed E-state index contributed by atoms with van der Waals surface area (Å²) in [4.78, 5) is 13.3. The molecule has 2 saturated carbocycles. The smallest absolute Gasteiger partial charge is 0.317 e. The van der Waals surface area contributed by atoms with Crippen molar-refractivity contribution >= 4 is 5.97 Å². The number of rotatable bonds is 9. The number of carboxylic acid groups (broad SMARTS) is 1. The van der Waals surface area contributed by atoms with Crippen LogP contribution in [0.15, 0.2) is 0 Å². The SMILES string of the molecule is CC(C)CCC(C1CC1)N(CC(=O)O)CC1CC1. The fourth-order valence-electron chi connectivity index (χ4n) is 2.82. The summed E-state index contributed by atoms with van der Waals surface area (Å²) in [5.74, 6) is 1.62. The zero-order chi connectivity index (χ0) is 13.1. The molecule has 1 atom stereocenters. The Balaban J connectivity index is 1.91. The monoisotopic (exact) mass is 253 g/mol. The Kier molecular flexibility index (Phi) is 4.66. The highest BCUT2D eigenvalue weighted by Gasteiger charge is 2.37. The molecule has 0 aromatic carbocycles. The lowest BCUT2D eigenvalue weighted by Crippen LogP contribution is -2.42. The third-order valence-electron chi connectivity index (χ3n) is 4.20. The van der Waals surface area contributed by atoms with E-state index in [1.807, 2.05) is 0 Å². The van der Waals surface area contributed by atoms with Gasteiger partial charge in [-0.2, -0.15) is 0 Å². The van der Waals surface area contributed by atoms with E-state index in [2.05, 4.69) is 18.7 Å². The molecule has 104 valence electrons. The molecule has 1 N–H and O–H groups in total. The van der Waals surface area contributed by atoms with Crippen LogP contribution in [0.5, 0.6) is 0 Å². The third-order valence-corrected chi connectivity index (χ3v) is 4.20. The van der Waals surface area contributed by atoms with Crippen LogP contribution in [0.4, 0.5) is 0 Å². The highest BCUT2D eigenvalue weighted by Crippen LogP contribution is 2.40. The van der Waals surface area contributed by atoms with Crippen molar-refractivity contribution in [3.63, 3.8) is 0 Å². The fraction of sp³-hybridized carbons (Fsp3) is 0.933. The summed E-state index contributed by atoms with van der Waals surface area (Å²) >= 11 is 0. The Morgan fingerprint density at radius 1 is 1.22 bits per heavy atom. The van der Waals surface area contributed by atoms with Crippen LogP contribution >= 0.6 is 0 Å². The van der Waals surface area contributed by atoms with Crippen LogP contribution in [-0.4, -0.2) is 35.1 Å². The van der Waals surface area contributed by atoms with Gasteiger partial charge in [-0.15, -0.1) is 0 Å². The third kappa shape index (κ3) is 4.60. The summed E-state index contributed by atoms with van der Waals surface area (Å²) in [5.41, 5.74) is 0. The van der Waals surface area contributed by atoms with Gasteiger partial charge in [0.25, 0.3) is 0 Å². The van der Waals surface area contributed by atoms with Crippen molar-refractivity contribution in [1.29, 1.82) is 0 Å². The molecule has 18 heavy (non-hydrogen) atoms. The average molecular weight is 253 g/mol. The molecule has 2 aliphatic carbocycles. The molecule has 0 saturated heterocycles. The number of hydrogen-bond acceptors (Lipinski definition) is 2. The van der Waals surface area contributed by atoms with E-state index >= 15 is 0 Å². The number of hydrogen-bond donors (Lipinski definition) is 1. The van der Waals surface area contributed by atoms with Crippen molar-refractivity contribution in [2.45, 2.75) is 58.4 Å². The van der Waals surface area contributed by atoms with E-state index in [-0.39, 0.29) is 6.54 Å². The standard InChI is InChI=1S/C15H27NO2/c1-11(2)3-8-14(13-6-7-13)16(10-15(17)18)9-12-4-5-12/h11-14H,3-10H2,1-2H3,(H,17,18). The zero-order valence-electron chi connectivity index (χ0n) is 11.8. The van der Waals surface area contributed by atoms with Crippen molar-refractivity contribution in [1.82, 2.24) is 4.90 Å². The van der Waals surface area contributed by atoms with Crippen molar-refractivity contribution in [2.24, 2.45) is 17.8 Å². The lowest BCUT2D eigenvalue weighted by molar-refractivity contribution is -0.139. The highest BCUT2D eigenvalue weighted by molar-refractivity contribution is 5.69. The molecule has 2 aliphatic rings. The predicted molar refractivity (Wildman–Crippen MR) is 72.5 cm³/mol. The summed E-state index contributed by atoms with van der Waals surface area (Å²) < 4.78 is 0. The van der Waals surface area contributed by atoms with Gasteiger partial charge in [0.15, 0.2) is 0 Å². The molecule has 0 amide bonds. The van der Waals surface area contributed by atoms with Crippen LogP contribution < -0.4 is 0 Å². The minimum atomic E-state index is -0.661. The highest BCUT2D eigenvalue weighted by atomic mass is 16.4. The fourth-order valence-corrected chi connectivity index (χ4v) is 2.82. The molecule has 0 spiro atoms. The van der Waals surface area contributed by atoms with E-state index in [9.17, 15) is 4.79 Å². The van der Waals surface area contributed by atoms with Crippen molar-refractivity contribution < 1.29 is 9.90 Å². The topological polar surface area (TPSA) is 40.5 Å². The normalized spacial score (nSPS) is 21.6. The van der Waals surface area contributed by atoms with Gasteiger partial charge in [0.1, 0.15) is 0 Å². The first kappa shape index (κ1) is 13.9. The molecule has 0 bridgehead atoms. The lowest BCUT2D eigenvalue weighted by atomic mass is 9.98. The minimum Gasteiger partial charge on any atom is -0.480 e. The maximum atomic E-state index is 11.1. The van der Waals surface area contributed by atoms with Gasteiger partial charge in [-0.1, -0.05) is 13.8 Å². The Hall–Kier alpha value is -0.570. The van der Waals surface area contributed by atoms with Crippen LogP contribution in [0.3, 0.4) is 0 Å². The quantitative estimate of drug-likeness (QED) is 0.686. The molecule has 0 aliphatic heterocycles. The van der Waals surface area contributed by atoms with E-state index in [0.29, 0.717) is 6.04 Å².